The summed E-state index contributed by atoms with van der Waals surface area (Å²) in [5.41, 5.74) is 0. The first-order valence-corrected chi connectivity index (χ1v) is 4.04. The molecule has 1 aliphatic rings. The average Bonchev–Trinajstić information content (AvgIpc) is 1.98. The average molecular weight is 154 g/mol. The molecule has 1 atom stereocenters. The normalized spacial score (nSPS) is 29.2. The van der Waals surface area contributed by atoms with Crippen molar-refractivity contribution in [3.8, 4) is 0 Å². The van der Waals surface area contributed by atoms with Crippen LogP contribution >= 0.6 is 0 Å². The Kier molecular flexibility index (Phi) is 3.30. The fourth-order valence-corrected chi connectivity index (χ4v) is 1.21. The third-order valence-electron chi connectivity index (χ3n) is 1.95. The van der Waals surface area contributed by atoms with E-state index >= 15 is 0 Å². The van der Waals surface area contributed by atoms with E-state index in [1.165, 1.54) is 0 Å². The number of allylic oxidation sites excluding steroid dienone is 1. The highest BCUT2D eigenvalue weighted by molar-refractivity contribution is 5.78. The summed E-state index contributed by atoms with van der Waals surface area (Å²) >= 11 is 0. The number of carbonyl (C=O) groups excluding carboxylic acids is 1. The third kappa shape index (κ3) is 2.85. The van der Waals surface area contributed by atoms with Crippen molar-refractivity contribution < 1.29 is 9.53 Å². The lowest BCUT2D eigenvalue weighted by Gasteiger charge is -2.11. The Morgan fingerprint density at radius 2 is 2.36 bits per heavy atom. The lowest BCUT2D eigenvalue weighted by Crippen LogP contribution is -2.11. The van der Waals surface area contributed by atoms with Gasteiger partial charge in [0.1, 0.15) is 5.78 Å². The summed E-state index contributed by atoms with van der Waals surface area (Å²) in [6, 6.07) is 0. The van der Waals surface area contributed by atoms with Crippen molar-refractivity contribution in [3.63, 3.8) is 0 Å². The van der Waals surface area contributed by atoms with Gasteiger partial charge >= 0.3 is 0 Å². The summed E-state index contributed by atoms with van der Waals surface area (Å²) < 4.78 is 5.14. The number of methoxy groups -OCH3 is 1. The molecule has 0 heterocycles. The van der Waals surface area contributed by atoms with E-state index in [1.54, 1.807) is 7.11 Å². The second-order valence-corrected chi connectivity index (χ2v) is 2.82. The number of ether oxygens (including phenoxy) is 1. The molecule has 0 aromatic heterocycles. The molecular formula is C9H14O2. The minimum absolute atomic E-state index is 0.152. The van der Waals surface area contributed by atoms with E-state index in [0.29, 0.717) is 18.6 Å². The molecule has 0 saturated carbocycles. The number of Topliss-reactive ketones (excluding diaryl/α,β-unsaturated/α-hetero) is 1. The Balaban J connectivity index is 2.46. The number of carbonyl (C=O) groups is 1. The Hall–Kier alpha value is -0.630. The first-order valence-electron chi connectivity index (χ1n) is 4.04. The third-order valence-corrected chi connectivity index (χ3v) is 1.95. The van der Waals surface area contributed by atoms with Crippen molar-refractivity contribution >= 4 is 5.78 Å². The predicted octanol–water partition coefficient (Wildman–Crippen LogP) is 1.70. The first kappa shape index (κ1) is 8.47. The Morgan fingerprint density at radius 3 is 3.09 bits per heavy atom. The Bertz CT molecular complexity index is 161. The Morgan fingerprint density at radius 1 is 1.55 bits per heavy atom. The Labute approximate surface area is 67.2 Å². The van der Waals surface area contributed by atoms with E-state index in [4.69, 9.17) is 4.74 Å². The minimum Gasteiger partial charge on any atom is -0.377 e. The van der Waals surface area contributed by atoms with Crippen LogP contribution < -0.4 is 0 Å². The van der Waals surface area contributed by atoms with Gasteiger partial charge in [0.05, 0.1) is 6.10 Å². The van der Waals surface area contributed by atoms with Crippen LogP contribution in [0.15, 0.2) is 12.2 Å². The lowest BCUT2D eigenvalue weighted by molar-refractivity contribution is -0.119. The molecule has 11 heavy (non-hydrogen) atoms. The van der Waals surface area contributed by atoms with Crippen molar-refractivity contribution in [1.29, 1.82) is 0 Å². The molecule has 0 saturated heterocycles. The van der Waals surface area contributed by atoms with Crippen LogP contribution in [0.2, 0.25) is 0 Å². The highest BCUT2D eigenvalue weighted by atomic mass is 16.5. The van der Waals surface area contributed by atoms with E-state index in [2.05, 4.69) is 0 Å². The van der Waals surface area contributed by atoms with Gasteiger partial charge in [0.25, 0.3) is 0 Å². The molecule has 0 aliphatic heterocycles. The predicted molar refractivity (Wildman–Crippen MR) is 43.4 cm³/mol. The molecule has 0 radical (unpaired) electrons. The van der Waals surface area contributed by atoms with Crippen molar-refractivity contribution in [3.05, 3.63) is 12.2 Å². The molecular weight excluding hydrogens is 140 g/mol. The molecule has 0 spiro atoms. The molecule has 0 aromatic carbocycles. The van der Waals surface area contributed by atoms with Gasteiger partial charge in [-0.05, 0) is 12.8 Å². The molecule has 0 amide bonds. The largest absolute Gasteiger partial charge is 0.377 e. The van der Waals surface area contributed by atoms with Crippen molar-refractivity contribution in [1.82, 2.24) is 0 Å². The zero-order chi connectivity index (χ0) is 8.10. The molecule has 0 fully saturated rings. The summed E-state index contributed by atoms with van der Waals surface area (Å²) in [6.45, 7) is 0. The molecule has 1 unspecified atom stereocenters. The second-order valence-electron chi connectivity index (χ2n) is 2.82. The molecule has 2 heteroatoms. The van der Waals surface area contributed by atoms with Crippen molar-refractivity contribution in [2.24, 2.45) is 0 Å². The molecule has 0 N–H and O–H groups in total. The number of rotatable bonds is 1. The van der Waals surface area contributed by atoms with Gasteiger partial charge in [0, 0.05) is 20.0 Å². The molecule has 0 aromatic rings. The quantitative estimate of drug-likeness (QED) is 0.537. The van der Waals surface area contributed by atoms with Gasteiger partial charge in [-0.1, -0.05) is 12.2 Å². The van der Waals surface area contributed by atoms with E-state index < -0.39 is 0 Å². The summed E-state index contributed by atoms with van der Waals surface area (Å²) in [5, 5.41) is 0. The first-order chi connectivity index (χ1) is 5.33. The molecule has 2 nitrogen and oxygen atoms in total. The van der Waals surface area contributed by atoms with E-state index in [-0.39, 0.29) is 6.10 Å². The van der Waals surface area contributed by atoms with Crippen LogP contribution in [-0.4, -0.2) is 19.0 Å². The summed E-state index contributed by atoms with van der Waals surface area (Å²) in [5.74, 6) is 0.358. The minimum atomic E-state index is 0.152. The maximum atomic E-state index is 11.0. The standard InChI is InChI=1S/C9H14O2/c1-11-9-5-3-2-4-8(10)6-7-9/h3,5,9H,2,4,6-7H2,1H3/b5-3-. The maximum Gasteiger partial charge on any atom is 0.133 e. The fourth-order valence-electron chi connectivity index (χ4n) is 1.21. The van der Waals surface area contributed by atoms with Crippen LogP contribution in [-0.2, 0) is 9.53 Å². The summed E-state index contributed by atoms with van der Waals surface area (Å²) in [7, 11) is 1.68. The van der Waals surface area contributed by atoms with E-state index in [9.17, 15) is 4.79 Å². The maximum absolute atomic E-state index is 11.0. The van der Waals surface area contributed by atoms with Crippen LogP contribution in [0.1, 0.15) is 25.7 Å². The van der Waals surface area contributed by atoms with Gasteiger partial charge in [-0.2, -0.15) is 0 Å². The van der Waals surface area contributed by atoms with Crippen LogP contribution in [0.5, 0.6) is 0 Å². The number of hydrogen-bond acceptors (Lipinski definition) is 2. The van der Waals surface area contributed by atoms with Crippen molar-refractivity contribution in [2.75, 3.05) is 7.11 Å². The lowest BCUT2D eigenvalue weighted by atomic mass is 10.0. The SMILES string of the molecule is COC1/C=C\CCC(=O)CC1. The van der Waals surface area contributed by atoms with Crippen LogP contribution in [0.4, 0.5) is 0 Å². The summed E-state index contributed by atoms with van der Waals surface area (Å²) in [6.07, 6.45) is 7.32. The second kappa shape index (κ2) is 4.29. The number of ketones is 1. The van der Waals surface area contributed by atoms with Gasteiger partial charge in [-0.15, -0.1) is 0 Å². The molecule has 62 valence electrons. The monoisotopic (exact) mass is 154 g/mol. The van der Waals surface area contributed by atoms with Gasteiger partial charge < -0.3 is 4.74 Å². The van der Waals surface area contributed by atoms with E-state index in [1.807, 2.05) is 12.2 Å². The van der Waals surface area contributed by atoms with Gasteiger partial charge in [-0.25, -0.2) is 0 Å². The highest BCUT2D eigenvalue weighted by Crippen LogP contribution is 2.10. The zero-order valence-corrected chi connectivity index (χ0v) is 6.88. The number of hydrogen-bond donors (Lipinski definition) is 0. The topological polar surface area (TPSA) is 26.3 Å². The molecule has 1 aliphatic carbocycles. The van der Waals surface area contributed by atoms with Gasteiger partial charge in [-0.3, -0.25) is 4.79 Å². The van der Waals surface area contributed by atoms with Crippen molar-refractivity contribution in [2.45, 2.75) is 31.8 Å². The smallest absolute Gasteiger partial charge is 0.133 e. The molecule has 0 bridgehead atoms. The van der Waals surface area contributed by atoms with Crippen LogP contribution in [0, 0.1) is 0 Å². The van der Waals surface area contributed by atoms with Crippen LogP contribution in [0.3, 0.4) is 0 Å². The zero-order valence-electron chi connectivity index (χ0n) is 6.88. The highest BCUT2D eigenvalue weighted by Gasteiger charge is 2.09. The fraction of sp³-hybridized carbons (Fsp3) is 0.667. The van der Waals surface area contributed by atoms with Gasteiger partial charge in [0.15, 0.2) is 0 Å². The van der Waals surface area contributed by atoms with E-state index in [0.717, 1.165) is 12.8 Å². The van der Waals surface area contributed by atoms with Gasteiger partial charge in [0.2, 0.25) is 0 Å². The molecule has 1 rings (SSSR count). The summed E-state index contributed by atoms with van der Waals surface area (Å²) in [4.78, 5) is 11.0. The van der Waals surface area contributed by atoms with Crippen LogP contribution in [0.25, 0.3) is 0 Å².